The molecule has 24 heavy (non-hydrogen) atoms. The van der Waals surface area contributed by atoms with Crippen LogP contribution >= 0.6 is 22.6 Å². The van der Waals surface area contributed by atoms with Crippen LogP contribution in [0.25, 0.3) is 0 Å². The van der Waals surface area contributed by atoms with Crippen LogP contribution in [0.5, 0.6) is 5.75 Å². The molecule has 0 aliphatic rings. The van der Waals surface area contributed by atoms with Gasteiger partial charge >= 0.3 is 6.09 Å². The van der Waals surface area contributed by atoms with E-state index in [2.05, 4.69) is 22.6 Å². The van der Waals surface area contributed by atoms with Crippen LogP contribution in [-0.2, 0) is 4.79 Å². The zero-order chi connectivity index (χ0) is 18.3. The van der Waals surface area contributed by atoms with Gasteiger partial charge in [0.2, 0.25) is 5.91 Å². The topological polar surface area (TPSA) is 70.1 Å². The molecule has 1 N–H and O–H groups in total. The Morgan fingerprint density at radius 1 is 1.25 bits per heavy atom. The summed E-state index contributed by atoms with van der Waals surface area (Å²) >= 11 is 2.21. The van der Waals surface area contributed by atoms with E-state index in [1.54, 1.807) is 27.1 Å². The Bertz CT molecular complexity index is 587. The van der Waals surface area contributed by atoms with E-state index in [0.717, 1.165) is 3.57 Å². The standard InChI is InChI=1S/C17H23IN2O4/c1-12(13(2)24-15-9-7-14(18)8-10-15)20(17(22)23)11-5-6-16(21)19(3)4/h5-10,12-13H,11H2,1-4H3,(H,22,23). The highest BCUT2D eigenvalue weighted by molar-refractivity contribution is 14.1. The summed E-state index contributed by atoms with van der Waals surface area (Å²) in [6.45, 7) is 3.73. The maximum absolute atomic E-state index is 11.5. The molecule has 7 heteroatoms. The molecule has 1 aromatic carbocycles. The lowest BCUT2D eigenvalue weighted by Gasteiger charge is -2.30. The number of carbonyl (C=O) groups excluding carboxylic acids is 1. The van der Waals surface area contributed by atoms with Crippen LogP contribution in [0.2, 0.25) is 0 Å². The van der Waals surface area contributed by atoms with Crippen molar-refractivity contribution in [2.45, 2.75) is 26.0 Å². The number of rotatable bonds is 7. The molecule has 1 aromatic rings. The lowest BCUT2D eigenvalue weighted by Crippen LogP contribution is -2.45. The molecule has 0 saturated carbocycles. The quantitative estimate of drug-likeness (QED) is 0.517. The van der Waals surface area contributed by atoms with E-state index in [-0.39, 0.29) is 24.6 Å². The lowest BCUT2D eigenvalue weighted by atomic mass is 10.2. The van der Waals surface area contributed by atoms with Gasteiger partial charge in [-0.1, -0.05) is 6.08 Å². The Balaban J connectivity index is 2.70. The molecule has 2 atom stereocenters. The predicted molar refractivity (Wildman–Crippen MR) is 101 cm³/mol. The van der Waals surface area contributed by atoms with Crippen LogP contribution in [-0.4, -0.2) is 59.7 Å². The fraction of sp³-hybridized carbons (Fsp3) is 0.412. The molecule has 132 valence electrons. The van der Waals surface area contributed by atoms with Crippen molar-refractivity contribution >= 4 is 34.6 Å². The fourth-order valence-electron chi connectivity index (χ4n) is 1.91. The number of hydrogen-bond donors (Lipinski definition) is 1. The third-order valence-corrected chi connectivity index (χ3v) is 4.27. The van der Waals surface area contributed by atoms with Crippen LogP contribution in [0.3, 0.4) is 0 Å². The van der Waals surface area contributed by atoms with E-state index in [0.29, 0.717) is 5.75 Å². The minimum atomic E-state index is -1.05. The number of hydrogen-bond acceptors (Lipinski definition) is 3. The minimum absolute atomic E-state index is 0.121. The Hall–Kier alpha value is -1.77. The first-order chi connectivity index (χ1) is 11.2. The first kappa shape index (κ1) is 20.3. The van der Waals surface area contributed by atoms with Gasteiger partial charge in [-0.3, -0.25) is 9.69 Å². The van der Waals surface area contributed by atoms with Crippen LogP contribution < -0.4 is 4.74 Å². The van der Waals surface area contributed by atoms with Crippen molar-refractivity contribution in [3.05, 3.63) is 40.0 Å². The summed E-state index contributed by atoms with van der Waals surface area (Å²) in [4.78, 5) is 25.7. The Morgan fingerprint density at radius 3 is 2.33 bits per heavy atom. The number of likely N-dealkylation sites (N-methyl/N-ethyl adjacent to an activating group) is 1. The van der Waals surface area contributed by atoms with Crippen molar-refractivity contribution in [2.75, 3.05) is 20.6 Å². The van der Waals surface area contributed by atoms with E-state index in [9.17, 15) is 14.7 Å². The largest absolute Gasteiger partial charge is 0.489 e. The highest BCUT2D eigenvalue weighted by Gasteiger charge is 2.24. The number of benzene rings is 1. The summed E-state index contributed by atoms with van der Waals surface area (Å²) in [5.74, 6) is 0.509. The van der Waals surface area contributed by atoms with Gasteiger partial charge in [0.25, 0.3) is 0 Å². The fourth-order valence-corrected chi connectivity index (χ4v) is 2.27. The summed E-state index contributed by atoms with van der Waals surface area (Å²) in [7, 11) is 3.28. The summed E-state index contributed by atoms with van der Waals surface area (Å²) < 4.78 is 6.92. The summed E-state index contributed by atoms with van der Waals surface area (Å²) in [6, 6.07) is 7.19. The average molecular weight is 446 g/mol. The van der Waals surface area contributed by atoms with E-state index in [1.165, 1.54) is 15.9 Å². The molecule has 1 rings (SSSR count). The van der Waals surface area contributed by atoms with Gasteiger partial charge in [-0.05, 0) is 60.7 Å². The van der Waals surface area contributed by atoms with Crippen molar-refractivity contribution in [3.8, 4) is 5.75 Å². The van der Waals surface area contributed by atoms with Crippen LogP contribution in [0, 0.1) is 3.57 Å². The second kappa shape index (κ2) is 9.51. The molecule has 0 spiro atoms. The second-order valence-electron chi connectivity index (χ2n) is 5.59. The zero-order valence-corrected chi connectivity index (χ0v) is 16.4. The molecular formula is C17H23IN2O4. The molecule has 2 amide bonds. The normalized spacial score (nSPS) is 13.4. The number of halogens is 1. The molecular weight excluding hydrogens is 423 g/mol. The smallest absolute Gasteiger partial charge is 0.407 e. The Labute approximate surface area is 156 Å². The summed E-state index contributed by atoms with van der Waals surface area (Å²) in [6.07, 6.45) is 1.53. The SMILES string of the molecule is CC(Oc1ccc(I)cc1)C(C)N(CC=CC(=O)N(C)C)C(=O)O. The van der Waals surface area contributed by atoms with Crippen molar-refractivity contribution in [3.63, 3.8) is 0 Å². The van der Waals surface area contributed by atoms with Gasteiger partial charge in [0.05, 0.1) is 6.04 Å². The number of nitrogens with zero attached hydrogens (tertiary/aromatic N) is 2. The Kier molecular flexibility index (Phi) is 8.03. The minimum Gasteiger partial charge on any atom is -0.489 e. The van der Waals surface area contributed by atoms with Crippen molar-refractivity contribution in [1.29, 1.82) is 0 Å². The number of amides is 2. The number of carbonyl (C=O) groups is 2. The zero-order valence-electron chi connectivity index (χ0n) is 14.3. The second-order valence-corrected chi connectivity index (χ2v) is 6.83. The predicted octanol–water partition coefficient (Wildman–Crippen LogP) is 3.07. The molecule has 2 unspecified atom stereocenters. The van der Waals surface area contributed by atoms with Gasteiger partial charge in [0.1, 0.15) is 11.9 Å². The van der Waals surface area contributed by atoms with Crippen molar-refractivity contribution < 1.29 is 19.4 Å². The molecule has 6 nitrogen and oxygen atoms in total. The highest BCUT2D eigenvalue weighted by Crippen LogP contribution is 2.17. The van der Waals surface area contributed by atoms with E-state index in [4.69, 9.17) is 4.74 Å². The Morgan fingerprint density at radius 2 is 1.83 bits per heavy atom. The van der Waals surface area contributed by atoms with E-state index >= 15 is 0 Å². The lowest BCUT2D eigenvalue weighted by molar-refractivity contribution is -0.123. The summed E-state index contributed by atoms with van der Waals surface area (Å²) in [5, 5.41) is 9.41. The maximum atomic E-state index is 11.5. The van der Waals surface area contributed by atoms with Gasteiger partial charge in [-0.2, -0.15) is 0 Å². The first-order valence-electron chi connectivity index (χ1n) is 7.52. The molecule has 0 bridgehead atoms. The molecule has 0 fully saturated rings. The van der Waals surface area contributed by atoms with E-state index in [1.807, 2.05) is 31.2 Å². The molecule has 0 saturated heterocycles. The maximum Gasteiger partial charge on any atom is 0.407 e. The first-order valence-corrected chi connectivity index (χ1v) is 8.60. The van der Waals surface area contributed by atoms with E-state index < -0.39 is 6.09 Å². The molecule has 0 aliphatic carbocycles. The number of carboxylic acid groups (broad SMARTS) is 1. The average Bonchev–Trinajstić information content (AvgIpc) is 2.52. The molecule has 0 radical (unpaired) electrons. The third kappa shape index (κ3) is 6.38. The van der Waals surface area contributed by atoms with Gasteiger partial charge in [0.15, 0.2) is 0 Å². The van der Waals surface area contributed by atoms with Crippen molar-refractivity contribution in [1.82, 2.24) is 9.80 Å². The van der Waals surface area contributed by atoms with Gasteiger partial charge in [-0.25, -0.2) is 4.79 Å². The number of ether oxygens (including phenoxy) is 1. The van der Waals surface area contributed by atoms with Crippen LogP contribution in [0.15, 0.2) is 36.4 Å². The van der Waals surface area contributed by atoms with Crippen LogP contribution in [0.1, 0.15) is 13.8 Å². The van der Waals surface area contributed by atoms with Gasteiger partial charge < -0.3 is 14.7 Å². The third-order valence-electron chi connectivity index (χ3n) is 3.56. The highest BCUT2D eigenvalue weighted by atomic mass is 127. The van der Waals surface area contributed by atoms with Crippen molar-refractivity contribution in [2.24, 2.45) is 0 Å². The summed E-state index contributed by atoms with van der Waals surface area (Å²) in [5.41, 5.74) is 0. The van der Waals surface area contributed by atoms with Gasteiger partial charge in [0, 0.05) is 30.3 Å². The monoisotopic (exact) mass is 446 g/mol. The van der Waals surface area contributed by atoms with Gasteiger partial charge in [-0.15, -0.1) is 0 Å². The van der Waals surface area contributed by atoms with Crippen LogP contribution in [0.4, 0.5) is 4.79 Å². The molecule has 0 aromatic heterocycles. The molecule has 0 aliphatic heterocycles. The molecule has 0 heterocycles.